The molecular weight excluding hydrogens is 288 g/mol. The Morgan fingerprint density at radius 3 is 2.52 bits per heavy atom. The normalized spacial score (nSPS) is 10.3. The Hall–Kier alpha value is -2.33. The molecule has 4 nitrogen and oxygen atoms in total. The number of hydrogen-bond donors (Lipinski definition) is 2. The van der Waals surface area contributed by atoms with Crippen molar-refractivity contribution in [1.82, 2.24) is 5.32 Å². The van der Waals surface area contributed by atoms with E-state index >= 15 is 0 Å². The van der Waals surface area contributed by atoms with E-state index in [9.17, 15) is 4.79 Å². The van der Waals surface area contributed by atoms with Crippen LogP contribution in [-0.4, -0.2) is 19.1 Å². The van der Waals surface area contributed by atoms with Crippen molar-refractivity contribution in [2.75, 3.05) is 18.5 Å². The molecule has 0 aliphatic heterocycles. The molecule has 0 aliphatic carbocycles. The van der Waals surface area contributed by atoms with Crippen molar-refractivity contribution >= 4 is 11.6 Å². The predicted octanol–water partition coefficient (Wildman–Crippen LogP) is 3.38. The Morgan fingerprint density at radius 2 is 1.83 bits per heavy atom. The molecule has 0 saturated carbocycles. The summed E-state index contributed by atoms with van der Waals surface area (Å²) in [5.74, 6) is 0.808. The van der Waals surface area contributed by atoms with E-state index in [1.54, 1.807) is 0 Å². The van der Waals surface area contributed by atoms with E-state index in [1.807, 2.05) is 55.5 Å². The first kappa shape index (κ1) is 17.0. The van der Waals surface area contributed by atoms with E-state index in [1.165, 1.54) is 0 Å². The van der Waals surface area contributed by atoms with Gasteiger partial charge in [-0.1, -0.05) is 31.2 Å². The molecule has 0 saturated heterocycles. The molecule has 0 unspecified atom stereocenters. The fraction of sp³-hybridized carbons (Fsp3) is 0.316. The van der Waals surface area contributed by atoms with Crippen molar-refractivity contribution in [2.45, 2.75) is 26.8 Å². The quantitative estimate of drug-likeness (QED) is 0.785. The maximum Gasteiger partial charge on any atom is 0.228 e. The SMILES string of the molecule is CCNCc1cccc(NC(=O)Cc2ccc(OCC)cc2)c1. The zero-order valence-electron chi connectivity index (χ0n) is 13.8. The first-order chi connectivity index (χ1) is 11.2. The van der Waals surface area contributed by atoms with E-state index in [2.05, 4.69) is 17.6 Å². The van der Waals surface area contributed by atoms with Gasteiger partial charge in [-0.3, -0.25) is 4.79 Å². The Morgan fingerprint density at radius 1 is 1.04 bits per heavy atom. The summed E-state index contributed by atoms with van der Waals surface area (Å²) in [7, 11) is 0. The van der Waals surface area contributed by atoms with Crippen LogP contribution in [0.4, 0.5) is 5.69 Å². The van der Waals surface area contributed by atoms with Crippen molar-refractivity contribution in [3.63, 3.8) is 0 Å². The van der Waals surface area contributed by atoms with Gasteiger partial charge in [-0.15, -0.1) is 0 Å². The molecule has 2 rings (SSSR count). The second-order valence-electron chi connectivity index (χ2n) is 5.28. The molecule has 2 N–H and O–H groups in total. The number of amides is 1. The lowest BCUT2D eigenvalue weighted by Gasteiger charge is -2.09. The summed E-state index contributed by atoms with van der Waals surface area (Å²) >= 11 is 0. The highest BCUT2D eigenvalue weighted by molar-refractivity contribution is 5.92. The van der Waals surface area contributed by atoms with Gasteiger partial charge < -0.3 is 15.4 Å². The minimum atomic E-state index is -0.0187. The van der Waals surface area contributed by atoms with Gasteiger partial charge in [-0.05, 0) is 48.9 Å². The molecule has 0 heterocycles. The van der Waals surface area contributed by atoms with Crippen molar-refractivity contribution in [2.24, 2.45) is 0 Å². The minimum Gasteiger partial charge on any atom is -0.494 e. The molecule has 0 bridgehead atoms. The van der Waals surface area contributed by atoms with Crippen molar-refractivity contribution in [3.8, 4) is 5.75 Å². The highest BCUT2D eigenvalue weighted by Gasteiger charge is 2.05. The van der Waals surface area contributed by atoms with Crippen LogP contribution in [0.5, 0.6) is 5.75 Å². The smallest absolute Gasteiger partial charge is 0.228 e. The minimum absolute atomic E-state index is 0.0187. The lowest BCUT2D eigenvalue weighted by Crippen LogP contribution is -2.15. The van der Waals surface area contributed by atoms with Gasteiger partial charge in [0, 0.05) is 12.2 Å². The lowest BCUT2D eigenvalue weighted by molar-refractivity contribution is -0.115. The molecule has 0 aromatic heterocycles. The molecule has 0 fully saturated rings. The molecule has 0 spiro atoms. The average molecular weight is 312 g/mol. The number of rotatable bonds is 8. The van der Waals surface area contributed by atoms with E-state index in [0.29, 0.717) is 13.0 Å². The Labute approximate surface area is 137 Å². The molecule has 2 aromatic rings. The van der Waals surface area contributed by atoms with Gasteiger partial charge in [0.1, 0.15) is 5.75 Å². The van der Waals surface area contributed by atoms with Gasteiger partial charge in [-0.2, -0.15) is 0 Å². The first-order valence-electron chi connectivity index (χ1n) is 8.02. The lowest BCUT2D eigenvalue weighted by atomic mass is 10.1. The predicted molar refractivity (Wildman–Crippen MR) is 93.8 cm³/mol. The van der Waals surface area contributed by atoms with E-state index in [-0.39, 0.29) is 5.91 Å². The molecule has 0 aliphatic rings. The third-order valence-corrected chi connectivity index (χ3v) is 3.39. The summed E-state index contributed by atoms with van der Waals surface area (Å²) < 4.78 is 5.40. The van der Waals surface area contributed by atoms with Crippen LogP contribution in [0.25, 0.3) is 0 Å². The van der Waals surface area contributed by atoms with Crippen molar-refractivity contribution in [3.05, 3.63) is 59.7 Å². The number of benzene rings is 2. The van der Waals surface area contributed by atoms with Crippen LogP contribution in [0.1, 0.15) is 25.0 Å². The maximum absolute atomic E-state index is 12.2. The molecule has 23 heavy (non-hydrogen) atoms. The Kier molecular flexibility index (Phi) is 6.63. The Balaban J connectivity index is 1.91. The van der Waals surface area contributed by atoms with E-state index < -0.39 is 0 Å². The molecule has 2 aromatic carbocycles. The zero-order chi connectivity index (χ0) is 16.5. The fourth-order valence-corrected chi connectivity index (χ4v) is 2.29. The third-order valence-electron chi connectivity index (χ3n) is 3.39. The molecular formula is C19H24N2O2. The van der Waals surface area contributed by atoms with Crippen LogP contribution in [0, 0.1) is 0 Å². The topological polar surface area (TPSA) is 50.4 Å². The zero-order valence-corrected chi connectivity index (χ0v) is 13.8. The van der Waals surface area contributed by atoms with Gasteiger partial charge in [-0.25, -0.2) is 0 Å². The number of carbonyl (C=O) groups excluding carboxylic acids is 1. The van der Waals surface area contributed by atoms with Crippen LogP contribution in [-0.2, 0) is 17.8 Å². The summed E-state index contributed by atoms with van der Waals surface area (Å²) in [6.07, 6.45) is 0.351. The molecule has 4 heteroatoms. The van der Waals surface area contributed by atoms with Gasteiger partial charge in [0.05, 0.1) is 13.0 Å². The summed E-state index contributed by atoms with van der Waals surface area (Å²) in [5.41, 5.74) is 2.96. The van der Waals surface area contributed by atoms with Crippen LogP contribution >= 0.6 is 0 Å². The largest absolute Gasteiger partial charge is 0.494 e. The van der Waals surface area contributed by atoms with Gasteiger partial charge in [0.2, 0.25) is 5.91 Å². The number of ether oxygens (including phenoxy) is 1. The van der Waals surface area contributed by atoms with Gasteiger partial charge >= 0.3 is 0 Å². The highest BCUT2D eigenvalue weighted by atomic mass is 16.5. The van der Waals surface area contributed by atoms with Crippen molar-refractivity contribution in [1.29, 1.82) is 0 Å². The van der Waals surface area contributed by atoms with Crippen LogP contribution < -0.4 is 15.4 Å². The van der Waals surface area contributed by atoms with E-state index in [4.69, 9.17) is 4.74 Å². The maximum atomic E-state index is 12.2. The summed E-state index contributed by atoms with van der Waals surface area (Å²) in [4.78, 5) is 12.2. The number of carbonyl (C=O) groups is 1. The van der Waals surface area contributed by atoms with Gasteiger partial charge in [0.15, 0.2) is 0 Å². The second kappa shape index (κ2) is 8.96. The monoisotopic (exact) mass is 312 g/mol. The third kappa shape index (κ3) is 5.75. The van der Waals surface area contributed by atoms with E-state index in [0.717, 1.165) is 35.7 Å². The Bertz CT molecular complexity index is 624. The van der Waals surface area contributed by atoms with Crippen LogP contribution in [0.15, 0.2) is 48.5 Å². The molecule has 0 atom stereocenters. The summed E-state index contributed by atoms with van der Waals surface area (Å²) in [6.45, 7) is 6.39. The number of anilines is 1. The van der Waals surface area contributed by atoms with Gasteiger partial charge in [0.25, 0.3) is 0 Å². The molecule has 1 amide bonds. The average Bonchev–Trinajstić information content (AvgIpc) is 2.55. The first-order valence-corrected chi connectivity index (χ1v) is 8.02. The summed E-state index contributed by atoms with van der Waals surface area (Å²) in [5, 5.41) is 6.22. The summed E-state index contributed by atoms with van der Waals surface area (Å²) in [6, 6.07) is 15.5. The van der Waals surface area contributed by atoms with Crippen molar-refractivity contribution < 1.29 is 9.53 Å². The molecule has 122 valence electrons. The fourth-order valence-electron chi connectivity index (χ4n) is 2.29. The molecule has 0 radical (unpaired) electrons. The standard InChI is InChI=1S/C19H24N2O2/c1-3-20-14-16-6-5-7-17(12-16)21-19(22)13-15-8-10-18(11-9-15)23-4-2/h5-12,20H,3-4,13-14H2,1-2H3,(H,21,22). The number of nitrogens with one attached hydrogen (secondary N) is 2. The second-order valence-corrected chi connectivity index (χ2v) is 5.28. The van der Waals surface area contributed by atoms with Crippen LogP contribution in [0.2, 0.25) is 0 Å². The highest BCUT2D eigenvalue weighted by Crippen LogP contribution is 2.14. The number of hydrogen-bond acceptors (Lipinski definition) is 3. The van der Waals surface area contributed by atoms with Crippen LogP contribution in [0.3, 0.4) is 0 Å².